The van der Waals surface area contributed by atoms with E-state index in [1.54, 1.807) is 0 Å². The largest absolute Gasteiger partial charge is 0.326 e. The summed E-state index contributed by atoms with van der Waals surface area (Å²) >= 11 is 0. The van der Waals surface area contributed by atoms with Gasteiger partial charge in [0.1, 0.15) is 5.82 Å². The fraction of sp³-hybridized carbons (Fsp3) is 0.600. The van der Waals surface area contributed by atoms with Gasteiger partial charge in [0.15, 0.2) is 0 Å². The smallest absolute Gasteiger partial charge is 0.240 e. The Morgan fingerprint density at radius 3 is 2.57 bits per heavy atom. The molecule has 1 fully saturated rings. The molecule has 0 aromatic heterocycles. The molecule has 0 unspecified atom stereocenters. The van der Waals surface area contributed by atoms with Crippen molar-refractivity contribution in [2.75, 3.05) is 6.54 Å². The Labute approximate surface area is 126 Å². The lowest BCUT2D eigenvalue weighted by molar-refractivity contribution is 0.357. The Morgan fingerprint density at radius 1 is 1.29 bits per heavy atom. The Balaban J connectivity index is 2.16. The van der Waals surface area contributed by atoms with Gasteiger partial charge in [-0.15, -0.1) is 0 Å². The molecule has 2 rings (SSSR count). The summed E-state index contributed by atoms with van der Waals surface area (Å²) in [5, 5.41) is 0. The maximum atomic E-state index is 13.8. The molecule has 0 aliphatic heterocycles. The first-order valence-corrected chi connectivity index (χ1v) is 8.91. The van der Waals surface area contributed by atoms with Gasteiger partial charge in [0.25, 0.3) is 0 Å². The molecule has 0 spiro atoms. The topological polar surface area (TPSA) is 72.2 Å². The molecule has 1 aromatic carbocycles. The molecule has 118 valence electrons. The molecular formula is C15H23FN2O2S. The van der Waals surface area contributed by atoms with Gasteiger partial charge in [0, 0.05) is 18.7 Å². The van der Waals surface area contributed by atoms with E-state index in [9.17, 15) is 12.8 Å². The second kappa shape index (κ2) is 6.85. The molecule has 0 bridgehead atoms. The highest BCUT2D eigenvalue weighted by molar-refractivity contribution is 7.89. The molecule has 0 saturated heterocycles. The van der Waals surface area contributed by atoms with Crippen molar-refractivity contribution in [2.24, 2.45) is 11.7 Å². The van der Waals surface area contributed by atoms with E-state index in [0.717, 1.165) is 25.7 Å². The third-order valence-electron chi connectivity index (χ3n) is 4.17. The standard InChI is InChI=1S/C15H23FN2O2S/c1-11-14(16)7-13(9-17)8-15(11)21(19,20)18-10-12-5-3-2-4-6-12/h7-8,12,18H,2-6,9-10,17H2,1H3. The molecule has 0 radical (unpaired) electrons. The molecule has 0 atom stereocenters. The number of benzene rings is 1. The van der Waals surface area contributed by atoms with Crippen LogP contribution < -0.4 is 10.5 Å². The average molecular weight is 314 g/mol. The zero-order valence-electron chi connectivity index (χ0n) is 12.4. The van der Waals surface area contributed by atoms with E-state index in [-0.39, 0.29) is 17.0 Å². The summed E-state index contributed by atoms with van der Waals surface area (Å²) in [6.07, 6.45) is 5.65. The second-order valence-electron chi connectivity index (χ2n) is 5.76. The molecule has 6 heteroatoms. The number of sulfonamides is 1. The van der Waals surface area contributed by atoms with E-state index >= 15 is 0 Å². The van der Waals surface area contributed by atoms with Gasteiger partial charge in [-0.25, -0.2) is 17.5 Å². The van der Waals surface area contributed by atoms with Crippen molar-refractivity contribution in [1.82, 2.24) is 4.72 Å². The van der Waals surface area contributed by atoms with Gasteiger partial charge in [-0.2, -0.15) is 0 Å². The predicted octanol–water partition coefficient (Wildman–Crippen LogP) is 2.45. The van der Waals surface area contributed by atoms with Crippen molar-refractivity contribution in [3.63, 3.8) is 0 Å². The average Bonchev–Trinajstić information content (AvgIpc) is 2.48. The van der Waals surface area contributed by atoms with E-state index in [4.69, 9.17) is 5.73 Å². The van der Waals surface area contributed by atoms with E-state index in [1.165, 1.54) is 25.5 Å². The highest BCUT2D eigenvalue weighted by atomic mass is 32.2. The Kier molecular flexibility index (Phi) is 5.35. The van der Waals surface area contributed by atoms with E-state index in [2.05, 4.69) is 4.72 Å². The fourth-order valence-electron chi connectivity index (χ4n) is 2.80. The summed E-state index contributed by atoms with van der Waals surface area (Å²) in [5.74, 6) is -0.146. The quantitative estimate of drug-likeness (QED) is 0.877. The van der Waals surface area contributed by atoms with Gasteiger partial charge in [-0.3, -0.25) is 0 Å². The van der Waals surface area contributed by atoms with E-state index in [1.807, 2.05) is 0 Å². The van der Waals surface area contributed by atoms with Crippen LogP contribution in [-0.4, -0.2) is 15.0 Å². The molecule has 1 aromatic rings. The molecule has 4 nitrogen and oxygen atoms in total. The lowest BCUT2D eigenvalue weighted by Crippen LogP contribution is -2.31. The normalized spacial score (nSPS) is 17.1. The first kappa shape index (κ1) is 16.4. The lowest BCUT2D eigenvalue weighted by atomic mass is 9.90. The fourth-order valence-corrected chi connectivity index (χ4v) is 4.22. The molecule has 1 saturated carbocycles. The van der Waals surface area contributed by atoms with Gasteiger partial charge in [0.05, 0.1) is 4.90 Å². The number of rotatable bonds is 5. The SMILES string of the molecule is Cc1c(F)cc(CN)cc1S(=O)(=O)NCC1CCCCC1. The van der Waals surface area contributed by atoms with Crippen molar-refractivity contribution in [2.45, 2.75) is 50.5 Å². The minimum atomic E-state index is -3.69. The number of hydrogen-bond donors (Lipinski definition) is 2. The van der Waals surface area contributed by atoms with Gasteiger partial charge in [0.2, 0.25) is 10.0 Å². The monoisotopic (exact) mass is 314 g/mol. The lowest BCUT2D eigenvalue weighted by Gasteiger charge is -2.22. The summed E-state index contributed by atoms with van der Waals surface area (Å²) < 4.78 is 41.2. The Hall–Kier alpha value is -0.980. The summed E-state index contributed by atoms with van der Waals surface area (Å²) in [5.41, 5.74) is 6.11. The molecule has 3 N–H and O–H groups in total. The first-order valence-electron chi connectivity index (χ1n) is 7.43. The van der Waals surface area contributed by atoms with Gasteiger partial charge in [-0.1, -0.05) is 19.3 Å². The first-order chi connectivity index (χ1) is 9.94. The number of nitrogens with one attached hydrogen (secondary N) is 1. The van der Waals surface area contributed by atoms with Crippen molar-refractivity contribution in [3.8, 4) is 0 Å². The minimum Gasteiger partial charge on any atom is -0.326 e. The van der Waals surface area contributed by atoms with Crippen LogP contribution in [0, 0.1) is 18.7 Å². The Bertz CT molecular complexity index is 596. The third-order valence-corrected chi connectivity index (χ3v) is 5.72. The molecule has 1 aliphatic rings. The molecule has 0 amide bonds. The summed E-state index contributed by atoms with van der Waals surface area (Å²) in [4.78, 5) is -0.00115. The highest BCUT2D eigenvalue weighted by Gasteiger charge is 2.22. The van der Waals surface area contributed by atoms with Crippen molar-refractivity contribution < 1.29 is 12.8 Å². The van der Waals surface area contributed by atoms with Crippen LogP contribution in [0.1, 0.15) is 43.2 Å². The van der Waals surface area contributed by atoms with Crippen LogP contribution in [0.3, 0.4) is 0 Å². The summed E-state index contributed by atoms with van der Waals surface area (Å²) in [7, 11) is -3.69. The zero-order chi connectivity index (χ0) is 15.5. The van der Waals surface area contributed by atoms with Crippen LogP contribution in [-0.2, 0) is 16.6 Å². The van der Waals surface area contributed by atoms with Crippen molar-refractivity contribution in [3.05, 3.63) is 29.1 Å². The van der Waals surface area contributed by atoms with Gasteiger partial charge in [-0.05, 0) is 43.4 Å². The number of hydrogen-bond acceptors (Lipinski definition) is 3. The van der Waals surface area contributed by atoms with Crippen LogP contribution in [0.2, 0.25) is 0 Å². The van der Waals surface area contributed by atoms with Crippen LogP contribution in [0.15, 0.2) is 17.0 Å². The van der Waals surface area contributed by atoms with E-state index in [0.29, 0.717) is 18.0 Å². The van der Waals surface area contributed by atoms with E-state index < -0.39 is 15.8 Å². The molecule has 1 aliphatic carbocycles. The molecule has 0 heterocycles. The van der Waals surface area contributed by atoms with Crippen molar-refractivity contribution in [1.29, 1.82) is 0 Å². The number of halogens is 1. The summed E-state index contributed by atoms with van der Waals surface area (Å²) in [6.45, 7) is 2.02. The zero-order valence-corrected chi connectivity index (χ0v) is 13.2. The maximum Gasteiger partial charge on any atom is 0.240 e. The molecular weight excluding hydrogens is 291 g/mol. The maximum absolute atomic E-state index is 13.8. The van der Waals surface area contributed by atoms with Crippen LogP contribution in [0.25, 0.3) is 0 Å². The van der Waals surface area contributed by atoms with Crippen molar-refractivity contribution >= 4 is 10.0 Å². The third kappa shape index (κ3) is 4.02. The Morgan fingerprint density at radius 2 is 1.95 bits per heavy atom. The van der Waals surface area contributed by atoms with Crippen LogP contribution >= 0.6 is 0 Å². The van der Waals surface area contributed by atoms with Crippen LogP contribution in [0.4, 0.5) is 4.39 Å². The summed E-state index contributed by atoms with van der Waals surface area (Å²) in [6, 6.07) is 2.75. The van der Waals surface area contributed by atoms with Crippen LogP contribution in [0.5, 0.6) is 0 Å². The predicted molar refractivity (Wildman–Crippen MR) is 80.8 cm³/mol. The minimum absolute atomic E-state index is 0.00115. The van der Waals surface area contributed by atoms with Gasteiger partial charge < -0.3 is 5.73 Å². The van der Waals surface area contributed by atoms with Gasteiger partial charge >= 0.3 is 0 Å². The second-order valence-corrected chi connectivity index (χ2v) is 7.50. The molecule has 21 heavy (non-hydrogen) atoms. The number of nitrogens with two attached hydrogens (primary N) is 1. The highest BCUT2D eigenvalue weighted by Crippen LogP contribution is 2.24.